The third kappa shape index (κ3) is 4.47. The van der Waals surface area contributed by atoms with Crippen LogP contribution in [0.2, 0.25) is 5.02 Å². The summed E-state index contributed by atoms with van der Waals surface area (Å²) in [5.41, 5.74) is 1.02. The number of carbonyl (C=O) groups is 1. The van der Waals surface area contributed by atoms with Crippen LogP contribution >= 0.6 is 23.4 Å². The lowest BCUT2D eigenvalue weighted by molar-refractivity contribution is -0.118. The van der Waals surface area contributed by atoms with Crippen molar-refractivity contribution in [2.45, 2.75) is 32.1 Å². The van der Waals surface area contributed by atoms with Crippen molar-refractivity contribution in [3.8, 4) is 0 Å². The highest BCUT2D eigenvalue weighted by Crippen LogP contribution is 2.16. The lowest BCUT2D eigenvalue weighted by Gasteiger charge is -2.06. The van der Waals surface area contributed by atoms with E-state index < -0.39 is 0 Å². The maximum atomic E-state index is 11.8. The maximum Gasteiger partial charge on any atom is 0.230 e. The first-order valence-electron chi connectivity index (χ1n) is 6.64. The van der Waals surface area contributed by atoms with Crippen LogP contribution < -0.4 is 5.32 Å². The number of aromatic nitrogens is 3. The fourth-order valence-electron chi connectivity index (χ4n) is 1.82. The lowest BCUT2D eigenvalue weighted by Crippen LogP contribution is -2.24. The highest BCUT2D eigenvalue weighted by atomic mass is 35.5. The van der Waals surface area contributed by atoms with E-state index in [4.69, 9.17) is 11.6 Å². The SMILES string of the molecule is CCn1c(C)nnc1SCC(=O)NCc1ccc(Cl)cc1. The Hall–Kier alpha value is -1.53. The molecule has 1 aromatic heterocycles. The second-order valence-corrected chi connectivity index (χ2v) is 5.84. The summed E-state index contributed by atoms with van der Waals surface area (Å²) in [4.78, 5) is 11.8. The molecule has 1 N–H and O–H groups in total. The summed E-state index contributed by atoms with van der Waals surface area (Å²) in [6.07, 6.45) is 0. The van der Waals surface area contributed by atoms with Crippen molar-refractivity contribution in [3.05, 3.63) is 40.7 Å². The molecule has 0 radical (unpaired) electrons. The van der Waals surface area contributed by atoms with E-state index in [1.165, 1.54) is 11.8 Å². The first kappa shape index (κ1) is 15.9. The molecule has 0 spiro atoms. The number of amides is 1. The normalized spacial score (nSPS) is 10.6. The topological polar surface area (TPSA) is 59.8 Å². The number of rotatable bonds is 6. The predicted molar refractivity (Wildman–Crippen MR) is 84.5 cm³/mol. The molecule has 112 valence electrons. The number of carbonyl (C=O) groups excluding carboxylic acids is 1. The number of nitrogens with zero attached hydrogens (tertiary/aromatic N) is 3. The monoisotopic (exact) mass is 324 g/mol. The quantitative estimate of drug-likeness (QED) is 0.830. The van der Waals surface area contributed by atoms with Crippen LogP contribution in [0.15, 0.2) is 29.4 Å². The van der Waals surface area contributed by atoms with Gasteiger partial charge in [0.2, 0.25) is 5.91 Å². The van der Waals surface area contributed by atoms with Crippen LogP contribution in [0.25, 0.3) is 0 Å². The van der Waals surface area contributed by atoms with Crippen molar-refractivity contribution in [2.24, 2.45) is 0 Å². The van der Waals surface area contributed by atoms with Crippen molar-refractivity contribution in [2.75, 3.05) is 5.75 Å². The number of aryl methyl sites for hydroxylation is 1. The van der Waals surface area contributed by atoms with Crippen LogP contribution in [0.5, 0.6) is 0 Å². The first-order chi connectivity index (χ1) is 10.1. The molecule has 0 atom stereocenters. The summed E-state index contributed by atoms with van der Waals surface area (Å²) in [6, 6.07) is 7.41. The van der Waals surface area contributed by atoms with Gasteiger partial charge in [-0.25, -0.2) is 0 Å². The van der Waals surface area contributed by atoms with Gasteiger partial charge in [0.05, 0.1) is 5.75 Å². The summed E-state index contributed by atoms with van der Waals surface area (Å²) in [7, 11) is 0. The Balaban J connectivity index is 1.81. The Morgan fingerprint density at radius 3 is 2.71 bits per heavy atom. The number of nitrogens with one attached hydrogen (secondary N) is 1. The second-order valence-electron chi connectivity index (χ2n) is 4.47. The number of halogens is 1. The van der Waals surface area contributed by atoms with Gasteiger partial charge >= 0.3 is 0 Å². The molecule has 5 nitrogen and oxygen atoms in total. The van der Waals surface area contributed by atoms with Gasteiger partial charge in [-0.3, -0.25) is 4.79 Å². The van der Waals surface area contributed by atoms with Crippen molar-refractivity contribution in [3.63, 3.8) is 0 Å². The van der Waals surface area contributed by atoms with Gasteiger partial charge in [-0.1, -0.05) is 35.5 Å². The summed E-state index contributed by atoms with van der Waals surface area (Å²) in [5.74, 6) is 1.16. The molecular weight excluding hydrogens is 308 g/mol. The molecule has 2 rings (SSSR count). The molecule has 1 aromatic carbocycles. The molecule has 0 fully saturated rings. The lowest BCUT2D eigenvalue weighted by atomic mass is 10.2. The molecule has 0 aliphatic carbocycles. The zero-order valence-corrected chi connectivity index (χ0v) is 13.5. The van der Waals surface area contributed by atoms with E-state index in [9.17, 15) is 4.79 Å². The standard InChI is InChI=1S/C14H17ClN4OS/c1-3-19-10(2)17-18-14(19)21-9-13(20)16-8-11-4-6-12(15)7-5-11/h4-7H,3,8-9H2,1-2H3,(H,16,20). The van der Waals surface area contributed by atoms with Crippen LogP contribution in [0.3, 0.4) is 0 Å². The molecular formula is C14H17ClN4OS. The third-order valence-corrected chi connectivity index (χ3v) is 4.17. The summed E-state index contributed by atoms with van der Waals surface area (Å²) >= 11 is 7.21. The number of hydrogen-bond donors (Lipinski definition) is 1. The second kappa shape index (κ2) is 7.47. The van der Waals surface area contributed by atoms with Gasteiger partial charge in [0.15, 0.2) is 5.16 Å². The Bertz CT molecular complexity index is 612. The van der Waals surface area contributed by atoms with Crippen LogP contribution in [0.4, 0.5) is 0 Å². The number of thioether (sulfide) groups is 1. The van der Waals surface area contributed by atoms with Crippen molar-refractivity contribution < 1.29 is 4.79 Å². The van der Waals surface area contributed by atoms with Gasteiger partial charge in [-0.05, 0) is 31.5 Å². The Labute approximate surface area is 133 Å². The van der Waals surface area contributed by atoms with Gasteiger partial charge in [0.25, 0.3) is 0 Å². The molecule has 0 aliphatic heterocycles. The molecule has 1 heterocycles. The molecule has 0 unspecified atom stereocenters. The Morgan fingerprint density at radius 2 is 2.05 bits per heavy atom. The molecule has 0 bridgehead atoms. The van der Waals surface area contributed by atoms with E-state index in [1.807, 2.05) is 42.7 Å². The maximum absolute atomic E-state index is 11.8. The fourth-order valence-corrected chi connectivity index (χ4v) is 2.82. The number of benzene rings is 1. The summed E-state index contributed by atoms with van der Waals surface area (Å²) in [5, 5.41) is 12.4. The highest BCUT2D eigenvalue weighted by Gasteiger charge is 2.10. The molecule has 0 saturated carbocycles. The van der Waals surface area contributed by atoms with Crippen LogP contribution in [0.1, 0.15) is 18.3 Å². The highest BCUT2D eigenvalue weighted by molar-refractivity contribution is 7.99. The minimum Gasteiger partial charge on any atom is -0.351 e. The molecule has 2 aromatic rings. The average Bonchev–Trinajstić information content (AvgIpc) is 2.84. The van der Waals surface area contributed by atoms with Crippen LogP contribution in [-0.4, -0.2) is 26.4 Å². The van der Waals surface area contributed by atoms with E-state index in [1.54, 1.807) is 0 Å². The van der Waals surface area contributed by atoms with E-state index in [0.717, 1.165) is 23.1 Å². The zero-order valence-electron chi connectivity index (χ0n) is 12.0. The van der Waals surface area contributed by atoms with Gasteiger partial charge in [-0.15, -0.1) is 10.2 Å². The minimum atomic E-state index is -0.0294. The van der Waals surface area contributed by atoms with E-state index in [0.29, 0.717) is 17.3 Å². The summed E-state index contributed by atoms with van der Waals surface area (Å²) < 4.78 is 1.98. The van der Waals surface area contributed by atoms with Gasteiger partial charge in [-0.2, -0.15) is 0 Å². The van der Waals surface area contributed by atoms with Crippen LogP contribution in [-0.2, 0) is 17.9 Å². The fraction of sp³-hybridized carbons (Fsp3) is 0.357. The van der Waals surface area contributed by atoms with Gasteiger partial charge < -0.3 is 9.88 Å². The van der Waals surface area contributed by atoms with E-state index in [2.05, 4.69) is 15.5 Å². The molecule has 0 aliphatic rings. The average molecular weight is 325 g/mol. The smallest absolute Gasteiger partial charge is 0.230 e. The van der Waals surface area contributed by atoms with Crippen molar-refractivity contribution in [1.82, 2.24) is 20.1 Å². The van der Waals surface area contributed by atoms with Crippen molar-refractivity contribution >= 4 is 29.3 Å². The first-order valence-corrected chi connectivity index (χ1v) is 8.00. The largest absolute Gasteiger partial charge is 0.351 e. The summed E-state index contributed by atoms with van der Waals surface area (Å²) in [6.45, 7) is 5.23. The zero-order chi connectivity index (χ0) is 15.2. The van der Waals surface area contributed by atoms with E-state index in [-0.39, 0.29) is 5.91 Å². The molecule has 7 heteroatoms. The van der Waals surface area contributed by atoms with Gasteiger partial charge in [0.1, 0.15) is 5.82 Å². The van der Waals surface area contributed by atoms with E-state index >= 15 is 0 Å². The van der Waals surface area contributed by atoms with Crippen molar-refractivity contribution in [1.29, 1.82) is 0 Å². The number of hydrogen-bond acceptors (Lipinski definition) is 4. The molecule has 0 saturated heterocycles. The third-order valence-electron chi connectivity index (χ3n) is 2.95. The minimum absolute atomic E-state index is 0.0294. The molecule has 1 amide bonds. The predicted octanol–water partition coefficient (Wildman–Crippen LogP) is 2.67. The Kier molecular flexibility index (Phi) is 5.64. The van der Waals surface area contributed by atoms with Gasteiger partial charge in [0, 0.05) is 18.1 Å². The van der Waals surface area contributed by atoms with Crippen LogP contribution in [0, 0.1) is 6.92 Å². The Morgan fingerprint density at radius 1 is 1.33 bits per heavy atom. The molecule has 21 heavy (non-hydrogen) atoms.